The summed E-state index contributed by atoms with van der Waals surface area (Å²) in [6.07, 6.45) is -1.97. The Morgan fingerprint density at radius 2 is 1.77 bits per heavy atom. The molecular formula is C19H27BClF3N2O4S. The molecular weight excluding hydrogens is 456 g/mol. The van der Waals surface area contributed by atoms with Crippen molar-refractivity contribution in [3.63, 3.8) is 0 Å². The number of carbonyl (C=O) groups is 1. The highest BCUT2D eigenvalue weighted by atomic mass is 35.5. The van der Waals surface area contributed by atoms with E-state index in [2.05, 4.69) is 4.72 Å². The quantitative estimate of drug-likeness (QED) is 0.525. The number of hydrogen-bond donors (Lipinski definition) is 2. The van der Waals surface area contributed by atoms with Gasteiger partial charge in [-0.3, -0.25) is 4.79 Å². The van der Waals surface area contributed by atoms with Gasteiger partial charge in [0.1, 0.15) is 0 Å². The van der Waals surface area contributed by atoms with E-state index in [1.807, 2.05) is 6.92 Å². The van der Waals surface area contributed by atoms with Crippen molar-refractivity contribution in [2.75, 3.05) is 13.1 Å². The average molecular weight is 483 g/mol. The average Bonchev–Trinajstić information content (AvgIpc) is 2.70. The number of rotatable bonds is 9. The van der Waals surface area contributed by atoms with Crippen LogP contribution in [0.5, 0.6) is 0 Å². The van der Waals surface area contributed by atoms with E-state index in [4.69, 9.17) is 7.85 Å². The molecule has 174 valence electrons. The topological polar surface area (TPSA) is 86.7 Å². The van der Waals surface area contributed by atoms with Crippen LogP contribution in [-0.2, 0) is 27.7 Å². The van der Waals surface area contributed by atoms with Gasteiger partial charge in [0.15, 0.2) is 0 Å². The van der Waals surface area contributed by atoms with Gasteiger partial charge in [0.2, 0.25) is 0 Å². The molecule has 0 aromatic heterocycles. The number of aliphatic carboxylic acids is 1. The summed E-state index contributed by atoms with van der Waals surface area (Å²) in [7, 11) is 2.32. The molecule has 0 amide bonds. The van der Waals surface area contributed by atoms with E-state index in [1.165, 1.54) is 16.4 Å². The smallest absolute Gasteiger partial charge is 0.416 e. The van der Waals surface area contributed by atoms with E-state index >= 15 is 0 Å². The Kier molecular flexibility index (Phi) is 9.86. The van der Waals surface area contributed by atoms with Crippen LogP contribution in [0.4, 0.5) is 13.2 Å². The maximum absolute atomic E-state index is 12.6. The SMILES string of the molecule is Cl.[B]C(CCCC)(C(=O)O)C1CCN(S(=O)(=O)NCc2ccc(C(F)(F)F)cc2)CC1. The van der Waals surface area contributed by atoms with Crippen molar-refractivity contribution in [1.82, 2.24) is 9.03 Å². The first-order valence-corrected chi connectivity index (χ1v) is 11.3. The molecule has 2 N–H and O–H groups in total. The number of alkyl halides is 3. The fraction of sp³-hybridized carbons (Fsp3) is 0.632. The van der Waals surface area contributed by atoms with Crippen LogP contribution in [0, 0.1) is 5.92 Å². The number of halogens is 4. The summed E-state index contributed by atoms with van der Waals surface area (Å²) in [5.41, 5.74) is -0.407. The highest BCUT2D eigenvalue weighted by Gasteiger charge is 2.42. The summed E-state index contributed by atoms with van der Waals surface area (Å²) in [6, 6.07) is 4.25. The number of piperidine rings is 1. The summed E-state index contributed by atoms with van der Waals surface area (Å²) < 4.78 is 66.5. The second-order valence-electron chi connectivity index (χ2n) is 7.64. The molecule has 1 aliphatic rings. The number of carboxylic acid groups (broad SMARTS) is 1. The molecule has 2 radical (unpaired) electrons. The molecule has 0 spiro atoms. The number of benzene rings is 1. The zero-order valence-corrected chi connectivity index (χ0v) is 18.8. The number of carboxylic acids is 1. The molecule has 1 fully saturated rings. The van der Waals surface area contributed by atoms with Crippen LogP contribution in [-0.4, -0.2) is 44.7 Å². The van der Waals surface area contributed by atoms with Gasteiger partial charge in [0.05, 0.1) is 13.4 Å². The predicted octanol–water partition coefficient (Wildman–Crippen LogP) is 3.78. The van der Waals surface area contributed by atoms with Gasteiger partial charge in [-0.1, -0.05) is 31.9 Å². The number of unbranched alkanes of at least 4 members (excludes halogenated alkanes) is 1. The minimum atomic E-state index is -4.45. The second-order valence-corrected chi connectivity index (χ2v) is 9.40. The van der Waals surface area contributed by atoms with E-state index in [0.29, 0.717) is 31.2 Å². The lowest BCUT2D eigenvalue weighted by molar-refractivity contribution is -0.143. The third-order valence-corrected chi connectivity index (χ3v) is 7.16. The van der Waals surface area contributed by atoms with E-state index in [0.717, 1.165) is 18.6 Å². The molecule has 6 nitrogen and oxygen atoms in total. The van der Waals surface area contributed by atoms with Crippen LogP contribution in [0.2, 0.25) is 5.31 Å². The first-order valence-electron chi connectivity index (χ1n) is 9.83. The van der Waals surface area contributed by atoms with Gasteiger partial charge in [0, 0.05) is 24.9 Å². The van der Waals surface area contributed by atoms with Crippen LogP contribution in [0.3, 0.4) is 0 Å². The van der Waals surface area contributed by atoms with Gasteiger partial charge in [-0.25, -0.2) is 0 Å². The maximum atomic E-state index is 12.6. The van der Waals surface area contributed by atoms with Crippen LogP contribution in [0.1, 0.15) is 50.2 Å². The van der Waals surface area contributed by atoms with Crippen molar-refractivity contribution in [1.29, 1.82) is 0 Å². The van der Waals surface area contributed by atoms with Crippen LogP contribution in [0.25, 0.3) is 0 Å². The fourth-order valence-electron chi connectivity index (χ4n) is 3.64. The Bertz CT molecular complexity index is 832. The van der Waals surface area contributed by atoms with Crippen molar-refractivity contribution in [3.8, 4) is 0 Å². The van der Waals surface area contributed by atoms with Crippen LogP contribution in [0.15, 0.2) is 24.3 Å². The first-order chi connectivity index (χ1) is 13.9. The summed E-state index contributed by atoms with van der Waals surface area (Å²) >= 11 is 0. The van der Waals surface area contributed by atoms with Crippen LogP contribution < -0.4 is 4.72 Å². The Morgan fingerprint density at radius 3 is 2.23 bits per heavy atom. The van der Waals surface area contributed by atoms with Crippen molar-refractivity contribution in [2.45, 2.75) is 57.1 Å². The van der Waals surface area contributed by atoms with E-state index < -0.39 is 33.2 Å². The molecule has 1 aliphatic heterocycles. The number of nitrogens with zero attached hydrogens (tertiary/aromatic N) is 1. The molecule has 0 bridgehead atoms. The minimum Gasteiger partial charge on any atom is -0.481 e. The van der Waals surface area contributed by atoms with Crippen molar-refractivity contribution in [3.05, 3.63) is 35.4 Å². The number of nitrogens with one attached hydrogen (secondary N) is 1. The molecule has 1 heterocycles. The van der Waals surface area contributed by atoms with Gasteiger partial charge in [-0.05, 0) is 42.9 Å². The normalized spacial score (nSPS) is 18.2. The number of hydrogen-bond acceptors (Lipinski definition) is 3. The van der Waals surface area contributed by atoms with Gasteiger partial charge in [-0.15, -0.1) is 12.4 Å². The Labute approximate surface area is 188 Å². The molecule has 1 saturated heterocycles. The highest BCUT2D eigenvalue weighted by molar-refractivity contribution is 7.87. The molecule has 31 heavy (non-hydrogen) atoms. The third-order valence-electron chi connectivity index (χ3n) is 5.60. The van der Waals surface area contributed by atoms with E-state index in [-0.39, 0.29) is 38.0 Å². The highest BCUT2D eigenvalue weighted by Crippen LogP contribution is 2.44. The van der Waals surface area contributed by atoms with Crippen molar-refractivity contribution in [2.24, 2.45) is 5.92 Å². The summed E-state index contributed by atoms with van der Waals surface area (Å²) in [5, 5.41) is 8.20. The Morgan fingerprint density at radius 1 is 1.23 bits per heavy atom. The zero-order valence-electron chi connectivity index (χ0n) is 17.2. The molecule has 2 rings (SSSR count). The molecule has 0 aliphatic carbocycles. The third kappa shape index (κ3) is 7.10. The summed E-state index contributed by atoms with van der Waals surface area (Å²) in [4.78, 5) is 11.7. The van der Waals surface area contributed by atoms with Gasteiger partial charge in [0.25, 0.3) is 10.2 Å². The van der Waals surface area contributed by atoms with Gasteiger partial charge < -0.3 is 5.11 Å². The van der Waals surface area contributed by atoms with E-state index in [9.17, 15) is 31.5 Å². The van der Waals surface area contributed by atoms with Gasteiger partial charge >= 0.3 is 12.1 Å². The predicted molar refractivity (Wildman–Crippen MR) is 114 cm³/mol. The van der Waals surface area contributed by atoms with E-state index in [1.54, 1.807) is 0 Å². The minimum absolute atomic E-state index is 0. The monoisotopic (exact) mass is 482 g/mol. The summed E-state index contributed by atoms with van der Waals surface area (Å²) in [5.74, 6) is -1.40. The Hall–Kier alpha value is -1.30. The second kappa shape index (κ2) is 11.0. The maximum Gasteiger partial charge on any atom is 0.416 e. The molecule has 1 aromatic rings. The lowest BCUT2D eigenvalue weighted by Gasteiger charge is -2.40. The molecule has 1 atom stereocenters. The lowest BCUT2D eigenvalue weighted by atomic mass is 9.56. The molecule has 1 unspecified atom stereocenters. The molecule has 1 aromatic carbocycles. The van der Waals surface area contributed by atoms with Gasteiger partial charge in [-0.2, -0.15) is 30.6 Å². The lowest BCUT2D eigenvalue weighted by Crippen LogP contribution is -2.47. The molecule has 12 heteroatoms. The standard InChI is InChI=1S/C19H26BF3N2O4S.ClH/c1-2-3-10-18(20,17(26)27)15-8-11-25(12-9-15)30(28,29)24-13-14-4-6-16(7-5-14)19(21,22)23;/h4-7,15,24H,2-3,8-13H2,1H3,(H,26,27);1H. The Balaban J connectivity index is 0.00000480. The fourth-order valence-corrected chi connectivity index (χ4v) is 4.87. The largest absolute Gasteiger partial charge is 0.481 e. The van der Waals surface area contributed by atoms with Crippen molar-refractivity contribution >= 4 is 36.4 Å². The summed E-state index contributed by atoms with van der Waals surface area (Å²) in [6.45, 7) is 2.06. The molecule has 0 saturated carbocycles. The first kappa shape index (κ1) is 27.7. The zero-order chi connectivity index (χ0) is 22.6. The van der Waals surface area contributed by atoms with Crippen LogP contribution >= 0.6 is 12.4 Å². The van der Waals surface area contributed by atoms with Crippen molar-refractivity contribution < 1.29 is 31.5 Å².